The van der Waals surface area contributed by atoms with E-state index in [0.717, 1.165) is 43.7 Å². The molecule has 3 aromatic heterocycles. The largest absolute Gasteiger partial charge is 0.472 e. The van der Waals surface area contributed by atoms with Crippen LogP contribution in [0.1, 0.15) is 24.4 Å². The molecule has 6 heteroatoms. The number of aromatic nitrogens is 4. The number of nitrogens with zero attached hydrogens (tertiary/aromatic N) is 5. The molecular formula is C17H19N5O. The first-order valence-electron chi connectivity index (χ1n) is 7.94. The van der Waals surface area contributed by atoms with Gasteiger partial charge in [0.05, 0.1) is 24.8 Å². The monoisotopic (exact) mass is 309 g/mol. The first-order chi connectivity index (χ1) is 11.4. The number of hydrogen-bond donors (Lipinski definition) is 0. The lowest BCUT2D eigenvalue weighted by Gasteiger charge is -2.31. The predicted octanol–water partition coefficient (Wildman–Crippen LogP) is 2.77. The summed E-state index contributed by atoms with van der Waals surface area (Å²) in [6.07, 6.45) is 11.4. The van der Waals surface area contributed by atoms with Crippen molar-refractivity contribution < 1.29 is 4.42 Å². The molecule has 1 saturated heterocycles. The molecule has 23 heavy (non-hydrogen) atoms. The van der Waals surface area contributed by atoms with Crippen LogP contribution in [0.2, 0.25) is 0 Å². The lowest BCUT2D eigenvalue weighted by atomic mass is 10.0. The highest BCUT2D eigenvalue weighted by molar-refractivity contribution is 5.55. The first kappa shape index (κ1) is 14.1. The number of piperidine rings is 1. The zero-order valence-electron chi connectivity index (χ0n) is 12.9. The fourth-order valence-electron chi connectivity index (χ4n) is 3.08. The van der Waals surface area contributed by atoms with Crippen LogP contribution in [0.3, 0.4) is 0 Å². The maximum absolute atomic E-state index is 5.14. The van der Waals surface area contributed by atoms with E-state index in [4.69, 9.17) is 4.42 Å². The Bertz CT molecular complexity index is 729. The lowest BCUT2D eigenvalue weighted by Crippen LogP contribution is -2.34. The van der Waals surface area contributed by atoms with Gasteiger partial charge >= 0.3 is 0 Å². The molecule has 1 fully saturated rings. The van der Waals surface area contributed by atoms with Gasteiger partial charge in [-0.2, -0.15) is 0 Å². The predicted molar refractivity (Wildman–Crippen MR) is 85.5 cm³/mol. The Morgan fingerprint density at radius 1 is 1.22 bits per heavy atom. The van der Waals surface area contributed by atoms with Gasteiger partial charge in [-0.1, -0.05) is 5.21 Å². The molecular weight excluding hydrogens is 290 g/mol. The van der Waals surface area contributed by atoms with E-state index >= 15 is 0 Å². The molecule has 118 valence electrons. The fourth-order valence-corrected chi connectivity index (χ4v) is 3.08. The van der Waals surface area contributed by atoms with Crippen molar-refractivity contribution in [2.24, 2.45) is 0 Å². The molecule has 0 bridgehead atoms. The second-order valence-electron chi connectivity index (χ2n) is 5.96. The van der Waals surface area contributed by atoms with E-state index in [9.17, 15) is 0 Å². The van der Waals surface area contributed by atoms with Gasteiger partial charge in [-0.25, -0.2) is 4.68 Å². The molecule has 0 aromatic carbocycles. The lowest BCUT2D eigenvalue weighted by molar-refractivity contribution is 0.172. The minimum Gasteiger partial charge on any atom is -0.472 e. The van der Waals surface area contributed by atoms with Gasteiger partial charge in [0, 0.05) is 43.2 Å². The molecule has 0 saturated carbocycles. The minimum atomic E-state index is 0.425. The van der Waals surface area contributed by atoms with Crippen LogP contribution in [0.5, 0.6) is 0 Å². The second-order valence-corrected chi connectivity index (χ2v) is 5.96. The maximum Gasteiger partial charge on any atom is 0.114 e. The summed E-state index contributed by atoms with van der Waals surface area (Å²) >= 11 is 0. The summed E-state index contributed by atoms with van der Waals surface area (Å²) < 4.78 is 7.15. The normalized spacial score (nSPS) is 16.7. The van der Waals surface area contributed by atoms with Crippen LogP contribution < -0.4 is 0 Å². The molecule has 0 radical (unpaired) electrons. The zero-order valence-corrected chi connectivity index (χ0v) is 12.9. The molecule has 3 aromatic rings. The van der Waals surface area contributed by atoms with Crippen molar-refractivity contribution in [1.82, 2.24) is 24.9 Å². The molecule has 0 N–H and O–H groups in total. The van der Waals surface area contributed by atoms with Crippen LogP contribution in [0.15, 0.2) is 53.7 Å². The number of hydrogen-bond acceptors (Lipinski definition) is 5. The highest BCUT2D eigenvalue weighted by atomic mass is 16.3. The molecule has 0 spiro atoms. The fraction of sp³-hybridized carbons (Fsp3) is 0.353. The Morgan fingerprint density at radius 2 is 2.13 bits per heavy atom. The summed E-state index contributed by atoms with van der Waals surface area (Å²) in [6.45, 7) is 3.09. The van der Waals surface area contributed by atoms with Gasteiger partial charge in [0.1, 0.15) is 5.69 Å². The average molecular weight is 309 g/mol. The second kappa shape index (κ2) is 6.34. The molecule has 0 aliphatic carbocycles. The Kier molecular flexibility index (Phi) is 3.90. The Labute approximate surface area is 134 Å². The molecule has 0 atom stereocenters. The standard InChI is InChI=1S/C17H19N5O/c1-2-15(10-18-6-1)17-12-22(20-19-17)16-3-7-21(8-4-16)11-14-5-9-23-13-14/h1-2,5-6,9-10,12-13,16H,3-4,7-8,11H2. The first-order valence-corrected chi connectivity index (χ1v) is 7.94. The van der Waals surface area contributed by atoms with Crippen LogP contribution >= 0.6 is 0 Å². The summed E-state index contributed by atoms with van der Waals surface area (Å²) in [5, 5.41) is 8.61. The maximum atomic E-state index is 5.14. The number of rotatable bonds is 4. The summed E-state index contributed by atoms with van der Waals surface area (Å²) in [5.74, 6) is 0. The highest BCUT2D eigenvalue weighted by Crippen LogP contribution is 2.24. The average Bonchev–Trinajstić information content (AvgIpc) is 3.28. The molecule has 4 rings (SSSR count). The van der Waals surface area contributed by atoms with Crippen molar-refractivity contribution in [3.63, 3.8) is 0 Å². The Morgan fingerprint density at radius 3 is 2.87 bits per heavy atom. The molecule has 4 heterocycles. The van der Waals surface area contributed by atoms with Crippen molar-refractivity contribution in [1.29, 1.82) is 0 Å². The van der Waals surface area contributed by atoms with E-state index in [-0.39, 0.29) is 0 Å². The molecule has 6 nitrogen and oxygen atoms in total. The third-order valence-electron chi connectivity index (χ3n) is 4.39. The van der Waals surface area contributed by atoms with Gasteiger partial charge in [0.25, 0.3) is 0 Å². The third kappa shape index (κ3) is 3.17. The van der Waals surface area contributed by atoms with E-state index in [2.05, 4.69) is 20.2 Å². The molecule has 1 aliphatic heterocycles. The van der Waals surface area contributed by atoms with E-state index in [1.54, 1.807) is 12.5 Å². The van der Waals surface area contributed by atoms with Gasteiger partial charge in [0.2, 0.25) is 0 Å². The third-order valence-corrected chi connectivity index (χ3v) is 4.39. The number of pyridine rings is 1. The van der Waals surface area contributed by atoms with E-state index in [1.807, 2.05) is 41.5 Å². The SMILES string of the molecule is c1cncc(-c2cn(C3CCN(Cc4ccoc4)CC3)nn2)c1. The van der Waals surface area contributed by atoms with Crippen LogP contribution in [-0.2, 0) is 6.54 Å². The van der Waals surface area contributed by atoms with Crippen molar-refractivity contribution in [2.75, 3.05) is 13.1 Å². The molecule has 0 amide bonds. The minimum absolute atomic E-state index is 0.425. The summed E-state index contributed by atoms with van der Waals surface area (Å²) in [4.78, 5) is 6.60. The molecule has 1 aliphatic rings. The Balaban J connectivity index is 1.38. The topological polar surface area (TPSA) is 60.0 Å². The van der Waals surface area contributed by atoms with Crippen LogP contribution in [0.25, 0.3) is 11.3 Å². The number of furan rings is 1. The van der Waals surface area contributed by atoms with Gasteiger partial charge in [-0.3, -0.25) is 9.88 Å². The van der Waals surface area contributed by atoms with E-state index in [0.29, 0.717) is 6.04 Å². The van der Waals surface area contributed by atoms with Crippen LogP contribution in [0.4, 0.5) is 0 Å². The van der Waals surface area contributed by atoms with Crippen LogP contribution in [-0.4, -0.2) is 38.0 Å². The van der Waals surface area contributed by atoms with Gasteiger partial charge in [-0.05, 0) is 31.0 Å². The van der Waals surface area contributed by atoms with Gasteiger partial charge in [-0.15, -0.1) is 5.10 Å². The van der Waals surface area contributed by atoms with Gasteiger partial charge < -0.3 is 4.42 Å². The van der Waals surface area contributed by atoms with Crippen LogP contribution in [0, 0.1) is 0 Å². The zero-order chi connectivity index (χ0) is 15.5. The van der Waals surface area contributed by atoms with Crippen molar-refractivity contribution in [3.8, 4) is 11.3 Å². The van der Waals surface area contributed by atoms with Gasteiger partial charge in [0.15, 0.2) is 0 Å². The van der Waals surface area contributed by atoms with E-state index in [1.165, 1.54) is 5.56 Å². The summed E-state index contributed by atoms with van der Waals surface area (Å²) in [6, 6.07) is 6.38. The smallest absolute Gasteiger partial charge is 0.114 e. The highest BCUT2D eigenvalue weighted by Gasteiger charge is 2.22. The Hall–Kier alpha value is -2.47. The summed E-state index contributed by atoms with van der Waals surface area (Å²) in [5.41, 5.74) is 3.14. The summed E-state index contributed by atoms with van der Waals surface area (Å²) in [7, 11) is 0. The number of likely N-dealkylation sites (tertiary alicyclic amines) is 1. The van der Waals surface area contributed by atoms with Crippen molar-refractivity contribution >= 4 is 0 Å². The van der Waals surface area contributed by atoms with Crippen molar-refractivity contribution in [3.05, 3.63) is 54.9 Å². The van der Waals surface area contributed by atoms with E-state index < -0.39 is 0 Å². The molecule has 0 unspecified atom stereocenters. The quantitative estimate of drug-likeness (QED) is 0.741. The van der Waals surface area contributed by atoms with Crippen molar-refractivity contribution in [2.45, 2.75) is 25.4 Å².